The molecular formula is C33H28N2O4S2. The molecule has 6 nitrogen and oxygen atoms in total. The molecule has 0 aliphatic carbocycles. The van der Waals surface area contributed by atoms with Crippen LogP contribution in [0.1, 0.15) is 36.6 Å². The molecule has 1 aromatic heterocycles. The van der Waals surface area contributed by atoms with E-state index < -0.39 is 12.0 Å². The smallest absolute Gasteiger partial charge is 0.338 e. The lowest BCUT2D eigenvalue weighted by molar-refractivity contribution is -0.140. The number of hydrogen-bond donors (Lipinski definition) is 0. The van der Waals surface area contributed by atoms with E-state index >= 15 is 0 Å². The lowest BCUT2D eigenvalue weighted by Gasteiger charge is -2.25. The fraction of sp³-hybridized carbons (Fsp3) is 0.182. The van der Waals surface area contributed by atoms with Crippen LogP contribution in [-0.4, -0.2) is 22.9 Å². The van der Waals surface area contributed by atoms with Gasteiger partial charge in [0.25, 0.3) is 5.56 Å². The van der Waals surface area contributed by atoms with Crippen LogP contribution < -0.4 is 19.6 Å². The number of carbonyl (C=O) groups is 1. The van der Waals surface area contributed by atoms with Crippen LogP contribution in [-0.2, 0) is 16.1 Å². The van der Waals surface area contributed by atoms with Crippen molar-refractivity contribution < 1.29 is 14.3 Å². The second-order valence-corrected chi connectivity index (χ2v) is 11.7. The summed E-state index contributed by atoms with van der Waals surface area (Å²) in [5, 5.41) is 0. The van der Waals surface area contributed by atoms with Gasteiger partial charge in [0.05, 0.1) is 21.8 Å². The van der Waals surface area contributed by atoms with Gasteiger partial charge in [-0.3, -0.25) is 9.36 Å². The van der Waals surface area contributed by atoms with Crippen molar-refractivity contribution >= 4 is 41.2 Å². The summed E-state index contributed by atoms with van der Waals surface area (Å²) in [6, 6.07) is 24.6. The minimum atomic E-state index is -0.665. The van der Waals surface area contributed by atoms with Gasteiger partial charge in [-0.25, -0.2) is 9.79 Å². The molecule has 3 aromatic carbocycles. The van der Waals surface area contributed by atoms with E-state index in [0.717, 1.165) is 32.9 Å². The molecule has 41 heavy (non-hydrogen) atoms. The molecule has 0 amide bonds. The van der Waals surface area contributed by atoms with Gasteiger partial charge in [0, 0.05) is 10.5 Å². The van der Waals surface area contributed by atoms with Gasteiger partial charge in [-0.1, -0.05) is 72.0 Å². The largest absolute Gasteiger partial charge is 0.485 e. The van der Waals surface area contributed by atoms with E-state index in [0.29, 0.717) is 20.6 Å². The Kier molecular flexibility index (Phi) is 7.51. The molecule has 206 valence electrons. The summed E-state index contributed by atoms with van der Waals surface area (Å²) in [5.74, 6) is 0.332. The van der Waals surface area contributed by atoms with Crippen molar-refractivity contribution in [3.8, 4) is 5.75 Å². The average Bonchev–Trinajstić information content (AvgIpc) is 3.30. The number of fused-ring (bicyclic) bond motifs is 2. The highest BCUT2D eigenvalue weighted by Crippen LogP contribution is 2.33. The number of benzene rings is 3. The van der Waals surface area contributed by atoms with E-state index in [1.807, 2.05) is 98.1 Å². The summed E-state index contributed by atoms with van der Waals surface area (Å²) < 4.78 is 14.0. The molecule has 0 fully saturated rings. The SMILES string of the molecule is CSc1ccc(C2C(C(=O)OCc3ccccc3)=C(C)N=c3sc(=CC4=Cc5ccccc5OC4C)c(=O)n32)cc1. The fourth-order valence-electron chi connectivity index (χ4n) is 5.06. The van der Waals surface area contributed by atoms with Crippen molar-refractivity contribution in [3.63, 3.8) is 0 Å². The number of nitrogens with zero attached hydrogens (tertiary/aromatic N) is 2. The maximum atomic E-state index is 14.0. The van der Waals surface area contributed by atoms with Gasteiger partial charge in [-0.2, -0.15) is 0 Å². The van der Waals surface area contributed by atoms with Gasteiger partial charge < -0.3 is 9.47 Å². The molecule has 4 aromatic rings. The first kappa shape index (κ1) is 27.1. The zero-order chi connectivity index (χ0) is 28.5. The molecular weight excluding hydrogens is 553 g/mol. The summed E-state index contributed by atoms with van der Waals surface area (Å²) >= 11 is 2.95. The van der Waals surface area contributed by atoms with Gasteiger partial charge in [-0.05, 0) is 67.2 Å². The van der Waals surface area contributed by atoms with Crippen molar-refractivity contribution in [2.75, 3.05) is 6.26 Å². The molecule has 0 saturated heterocycles. The number of hydrogen-bond acceptors (Lipinski definition) is 7. The van der Waals surface area contributed by atoms with Gasteiger partial charge in [0.15, 0.2) is 4.80 Å². The van der Waals surface area contributed by atoms with Crippen LogP contribution >= 0.6 is 23.1 Å². The predicted molar refractivity (Wildman–Crippen MR) is 164 cm³/mol. The minimum absolute atomic E-state index is 0.131. The number of thiazole rings is 1. The van der Waals surface area contributed by atoms with Crippen LogP contribution in [0.15, 0.2) is 110 Å². The standard InChI is InChI=1S/C33H28N2O4S2/c1-20-29(32(37)38-19-22-9-5-4-6-10-22)30(23-13-15-26(40-3)16-14-23)35-31(36)28(41-33(35)34-20)18-25-17-24-11-7-8-12-27(24)39-21(25)2/h4-18,21,30H,19H2,1-3H3. The van der Waals surface area contributed by atoms with E-state index in [-0.39, 0.29) is 18.3 Å². The first-order chi connectivity index (χ1) is 19.9. The van der Waals surface area contributed by atoms with Crippen molar-refractivity contribution in [1.29, 1.82) is 0 Å². The number of para-hydroxylation sites is 1. The molecule has 6 rings (SSSR count). The third-order valence-electron chi connectivity index (χ3n) is 7.20. The lowest BCUT2D eigenvalue weighted by Crippen LogP contribution is -2.40. The average molecular weight is 581 g/mol. The maximum absolute atomic E-state index is 14.0. The Labute approximate surface area is 246 Å². The highest BCUT2D eigenvalue weighted by Gasteiger charge is 2.33. The lowest BCUT2D eigenvalue weighted by atomic mass is 9.96. The fourth-order valence-corrected chi connectivity index (χ4v) is 6.51. The first-order valence-electron chi connectivity index (χ1n) is 13.3. The van der Waals surface area contributed by atoms with Crippen molar-refractivity contribution in [3.05, 3.63) is 132 Å². The number of aromatic nitrogens is 1. The summed E-state index contributed by atoms with van der Waals surface area (Å²) in [6.45, 7) is 3.90. The van der Waals surface area contributed by atoms with E-state index in [2.05, 4.69) is 6.08 Å². The van der Waals surface area contributed by atoms with Crippen molar-refractivity contribution in [2.45, 2.75) is 37.5 Å². The zero-order valence-electron chi connectivity index (χ0n) is 22.9. The van der Waals surface area contributed by atoms with Crippen LogP contribution in [0.3, 0.4) is 0 Å². The van der Waals surface area contributed by atoms with Gasteiger partial charge in [0.1, 0.15) is 18.5 Å². The van der Waals surface area contributed by atoms with E-state index in [4.69, 9.17) is 14.5 Å². The number of esters is 1. The molecule has 2 unspecified atom stereocenters. The number of ether oxygens (including phenoxy) is 2. The number of thioether (sulfide) groups is 1. The predicted octanol–water partition coefficient (Wildman–Crippen LogP) is 5.52. The molecule has 3 heterocycles. The maximum Gasteiger partial charge on any atom is 0.338 e. The summed E-state index contributed by atoms with van der Waals surface area (Å²) in [7, 11) is 0. The Balaban J connectivity index is 1.45. The Morgan fingerprint density at radius 2 is 1.80 bits per heavy atom. The van der Waals surface area contributed by atoms with Gasteiger partial charge in [0.2, 0.25) is 0 Å². The molecule has 0 N–H and O–H groups in total. The van der Waals surface area contributed by atoms with Crippen LogP contribution in [0.5, 0.6) is 5.75 Å². The summed E-state index contributed by atoms with van der Waals surface area (Å²) in [4.78, 5) is 34.0. The second-order valence-electron chi connectivity index (χ2n) is 9.86. The normalized spacial score (nSPS) is 18.1. The molecule has 2 atom stereocenters. The summed E-state index contributed by atoms with van der Waals surface area (Å²) in [5.41, 5.74) is 4.26. The third kappa shape index (κ3) is 5.33. The minimum Gasteiger partial charge on any atom is -0.485 e. The Morgan fingerprint density at radius 3 is 2.56 bits per heavy atom. The van der Waals surface area contributed by atoms with Crippen LogP contribution in [0.4, 0.5) is 0 Å². The van der Waals surface area contributed by atoms with Crippen LogP contribution in [0.25, 0.3) is 12.2 Å². The molecule has 0 radical (unpaired) electrons. The molecule has 0 bridgehead atoms. The van der Waals surface area contributed by atoms with E-state index in [1.54, 1.807) is 23.3 Å². The molecule has 0 spiro atoms. The topological polar surface area (TPSA) is 69.9 Å². The van der Waals surface area contributed by atoms with Crippen LogP contribution in [0.2, 0.25) is 0 Å². The molecule has 2 aliphatic rings. The molecule has 8 heteroatoms. The quantitative estimate of drug-likeness (QED) is 0.222. The Bertz CT molecular complexity index is 1870. The Hall–Kier alpha value is -4.14. The summed E-state index contributed by atoms with van der Waals surface area (Å²) in [6.07, 6.45) is 5.73. The highest BCUT2D eigenvalue weighted by atomic mass is 32.2. The Morgan fingerprint density at radius 1 is 1.07 bits per heavy atom. The molecule has 0 saturated carbocycles. The van der Waals surface area contributed by atoms with Gasteiger partial charge >= 0.3 is 5.97 Å². The highest BCUT2D eigenvalue weighted by molar-refractivity contribution is 7.98. The van der Waals surface area contributed by atoms with Crippen molar-refractivity contribution in [2.24, 2.45) is 4.99 Å². The zero-order valence-corrected chi connectivity index (χ0v) is 24.5. The molecule has 2 aliphatic heterocycles. The third-order valence-corrected chi connectivity index (χ3v) is 8.92. The first-order valence-corrected chi connectivity index (χ1v) is 15.3. The monoisotopic (exact) mass is 580 g/mol. The number of carbonyl (C=O) groups excluding carboxylic acids is 1. The van der Waals surface area contributed by atoms with E-state index in [1.165, 1.54) is 11.3 Å². The second kappa shape index (κ2) is 11.4. The van der Waals surface area contributed by atoms with Crippen molar-refractivity contribution in [1.82, 2.24) is 4.57 Å². The van der Waals surface area contributed by atoms with Gasteiger partial charge in [-0.15, -0.1) is 11.8 Å². The number of rotatable bonds is 6. The van der Waals surface area contributed by atoms with E-state index in [9.17, 15) is 9.59 Å². The number of allylic oxidation sites excluding steroid dienone is 1. The van der Waals surface area contributed by atoms with Crippen LogP contribution in [0, 0.1) is 0 Å².